The molecule has 122 valence electrons. The zero-order chi connectivity index (χ0) is 15.2. The van der Waals surface area contributed by atoms with E-state index in [0.29, 0.717) is 6.04 Å². The largest absolute Gasteiger partial charge is 1.00 e. The Morgan fingerprint density at radius 2 is 1.74 bits per heavy atom. The van der Waals surface area contributed by atoms with Crippen molar-refractivity contribution in [3.8, 4) is 0 Å². The predicted molar refractivity (Wildman–Crippen MR) is 93.0 cm³/mol. The highest BCUT2D eigenvalue weighted by atomic mass is 35.5. The van der Waals surface area contributed by atoms with Crippen LogP contribution in [0.25, 0.3) is 10.9 Å². The zero-order valence-corrected chi connectivity index (χ0v) is 14.4. The number of para-hydroxylation sites is 1. The second kappa shape index (κ2) is 8.76. The number of quaternary nitrogens is 1. The van der Waals surface area contributed by atoms with Gasteiger partial charge in [0, 0.05) is 29.9 Å². The van der Waals surface area contributed by atoms with Gasteiger partial charge in [0.1, 0.15) is 0 Å². The first-order valence-corrected chi connectivity index (χ1v) is 8.25. The second-order valence-electron chi connectivity index (χ2n) is 6.15. The average Bonchev–Trinajstić information content (AvgIpc) is 2.96. The van der Waals surface area contributed by atoms with Gasteiger partial charge in [0.15, 0.2) is 0 Å². The smallest absolute Gasteiger partial charge is 0.0871 e. The average molecular weight is 329 g/mol. The quantitative estimate of drug-likeness (QED) is 0.585. The van der Waals surface area contributed by atoms with Crippen LogP contribution in [0.4, 0.5) is 0 Å². The molecular formula is C20H25ClN2. The van der Waals surface area contributed by atoms with Gasteiger partial charge < -0.3 is 22.7 Å². The molecule has 1 atom stereocenters. The van der Waals surface area contributed by atoms with Crippen molar-refractivity contribution in [1.29, 1.82) is 0 Å². The van der Waals surface area contributed by atoms with Crippen molar-refractivity contribution >= 4 is 10.9 Å². The molecular weight excluding hydrogens is 304 g/mol. The topological polar surface area (TPSA) is 32.4 Å². The molecule has 1 unspecified atom stereocenters. The number of nitrogens with one attached hydrogen (secondary N) is 1. The molecule has 0 spiro atoms. The van der Waals surface area contributed by atoms with Crippen LogP contribution in [0, 0.1) is 0 Å². The summed E-state index contributed by atoms with van der Waals surface area (Å²) in [7, 11) is 0. The van der Waals surface area contributed by atoms with E-state index in [9.17, 15) is 0 Å². The third-order valence-corrected chi connectivity index (χ3v) is 4.29. The molecule has 0 fully saturated rings. The molecule has 1 aromatic heterocycles. The van der Waals surface area contributed by atoms with Gasteiger partial charge in [-0.15, -0.1) is 0 Å². The van der Waals surface area contributed by atoms with Gasteiger partial charge in [-0.25, -0.2) is 0 Å². The van der Waals surface area contributed by atoms with Crippen LogP contribution in [-0.2, 0) is 12.8 Å². The van der Waals surface area contributed by atoms with Crippen molar-refractivity contribution in [1.82, 2.24) is 4.98 Å². The highest BCUT2D eigenvalue weighted by Gasteiger charge is 2.07. The summed E-state index contributed by atoms with van der Waals surface area (Å²) in [6.45, 7) is 3.51. The van der Waals surface area contributed by atoms with Gasteiger partial charge in [0.25, 0.3) is 0 Å². The lowest BCUT2D eigenvalue weighted by atomic mass is 10.1. The number of benzene rings is 2. The van der Waals surface area contributed by atoms with Crippen LogP contribution in [0.3, 0.4) is 0 Å². The Kier molecular flexibility index (Phi) is 6.69. The predicted octanol–water partition coefficient (Wildman–Crippen LogP) is 0.299. The summed E-state index contributed by atoms with van der Waals surface area (Å²) in [5.74, 6) is 0. The van der Waals surface area contributed by atoms with Crippen LogP contribution in [-0.4, -0.2) is 17.6 Å². The number of hydrogen-bond donors (Lipinski definition) is 2. The standard InChI is InChI=1S/C20H24N2.ClH/c1-16(14-17-8-3-2-4-9-17)21-13-7-10-18-15-22-20-12-6-5-11-19(18)20;/h2-6,8-9,11-12,15-16,21-22H,7,10,13-14H2,1H3;1H. The van der Waals surface area contributed by atoms with Gasteiger partial charge in [-0.1, -0.05) is 48.5 Å². The van der Waals surface area contributed by atoms with Crippen LogP contribution in [0.1, 0.15) is 24.5 Å². The van der Waals surface area contributed by atoms with E-state index in [1.54, 1.807) is 0 Å². The van der Waals surface area contributed by atoms with E-state index in [1.807, 2.05) is 0 Å². The fourth-order valence-electron chi connectivity index (χ4n) is 3.10. The Hall–Kier alpha value is -1.77. The van der Waals surface area contributed by atoms with Crippen LogP contribution in [0.5, 0.6) is 0 Å². The Morgan fingerprint density at radius 3 is 2.57 bits per heavy atom. The maximum absolute atomic E-state index is 3.36. The summed E-state index contributed by atoms with van der Waals surface area (Å²) >= 11 is 0. The fourth-order valence-corrected chi connectivity index (χ4v) is 3.10. The van der Waals surface area contributed by atoms with Gasteiger partial charge in [0.2, 0.25) is 0 Å². The van der Waals surface area contributed by atoms with E-state index >= 15 is 0 Å². The zero-order valence-electron chi connectivity index (χ0n) is 13.6. The van der Waals surface area contributed by atoms with Crippen molar-refractivity contribution in [3.05, 3.63) is 71.9 Å². The summed E-state index contributed by atoms with van der Waals surface area (Å²) in [5.41, 5.74) is 4.13. The Bertz CT molecular complexity index is 706. The maximum Gasteiger partial charge on any atom is 0.0871 e. The molecule has 0 aliphatic carbocycles. The van der Waals surface area contributed by atoms with Crippen molar-refractivity contribution in [2.75, 3.05) is 6.54 Å². The Balaban J connectivity index is 0.00000192. The lowest BCUT2D eigenvalue weighted by Crippen LogP contribution is -3.00. The summed E-state index contributed by atoms with van der Waals surface area (Å²) in [6.07, 6.45) is 5.69. The van der Waals surface area contributed by atoms with Crippen LogP contribution in [0.2, 0.25) is 0 Å². The number of aromatic amines is 1. The minimum atomic E-state index is 0. The summed E-state index contributed by atoms with van der Waals surface area (Å²) in [6, 6.07) is 20.0. The molecule has 0 amide bonds. The lowest BCUT2D eigenvalue weighted by Gasteiger charge is -2.10. The number of aromatic nitrogens is 1. The van der Waals surface area contributed by atoms with Crippen LogP contribution in [0.15, 0.2) is 60.8 Å². The summed E-state index contributed by atoms with van der Waals surface area (Å²) in [5, 5.41) is 3.85. The van der Waals surface area contributed by atoms with Crippen molar-refractivity contribution in [3.63, 3.8) is 0 Å². The molecule has 3 heteroatoms. The molecule has 0 radical (unpaired) electrons. The fraction of sp³-hybridized carbons (Fsp3) is 0.300. The van der Waals surface area contributed by atoms with E-state index in [1.165, 1.54) is 35.0 Å². The number of nitrogens with two attached hydrogens (primary N) is 1. The van der Waals surface area contributed by atoms with Crippen molar-refractivity contribution < 1.29 is 17.7 Å². The number of rotatable bonds is 7. The van der Waals surface area contributed by atoms with E-state index < -0.39 is 0 Å². The van der Waals surface area contributed by atoms with Gasteiger partial charge in [-0.3, -0.25) is 0 Å². The summed E-state index contributed by atoms with van der Waals surface area (Å²) in [4.78, 5) is 3.36. The number of hydrogen-bond acceptors (Lipinski definition) is 0. The number of fused-ring (bicyclic) bond motifs is 1. The third-order valence-electron chi connectivity index (χ3n) is 4.29. The van der Waals surface area contributed by atoms with Crippen LogP contribution < -0.4 is 17.7 Å². The molecule has 23 heavy (non-hydrogen) atoms. The van der Waals surface area contributed by atoms with Crippen molar-refractivity contribution in [2.45, 2.75) is 32.2 Å². The van der Waals surface area contributed by atoms with Gasteiger partial charge in [-0.2, -0.15) is 0 Å². The molecule has 1 heterocycles. The molecule has 0 saturated heterocycles. The molecule has 0 saturated carbocycles. The normalized spacial score (nSPS) is 12.0. The van der Waals surface area contributed by atoms with Gasteiger partial charge in [0.05, 0.1) is 12.6 Å². The van der Waals surface area contributed by atoms with Crippen molar-refractivity contribution in [2.24, 2.45) is 0 Å². The van der Waals surface area contributed by atoms with E-state index in [2.05, 4.69) is 78.0 Å². The molecule has 0 aliphatic rings. The molecule has 3 aromatic rings. The molecule has 3 N–H and O–H groups in total. The van der Waals surface area contributed by atoms with E-state index in [0.717, 1.165) is 12.8 Å². The third kappa shape index (κ3) is 4.85. The molecule has 2 aromatic carbocycles. The highest BCUT2D eigenvalue weighted by molar-refractivity contribution is 5.82. The minimum absolute atomic E-state index is 0. The van der Waals surface area contributed by atoms with Crippen LogP contribution >= 0.6 is 0 Å². The SMILES string of the molecule is CC(Cc1ccccc1)[NH2+]CCCc1c[nH]c2ccccc12.[Cl-]. The highest BCUT2D eigenvalue weighted by Crippen LogP contribution is 2.18. The molecule has 0 aliphatic heterocycles. The summed E-state index contributed by atoms with van der Waals surface area (Å²) < 4.78 is 0. The first-order chi connectivity index (χ1) is 10.8. The Labute approximate surface area is 144 Å². The minimum Gasteiger partial charge on any atom is -1.00 e. The monoisotopic (exact) mass is 328 g/mol. The second-order valence-corrected chi connectivity index (χ2v) is 6.15. The molecule has 2 nitrogen and oxygen atoms in total. The van der Waals surface area contributed by atoms with E-state index in [4.69, 9.17) is 0 Å². The first-order valence-electron chi connectivity index (χ1n) is 8.25. The lowest BCUT2D eigenvalue weighted by molar-refractivity contribution is -0.686. The van der Waals surface area contributed by atoms with Gasteiger partial charge >= 0.3 is 0 Å². The Morgan fingerprint density at radius 1 is 1.00 bits per heavy atom. The number of halogens is 1. The maximum atomic E-state index is 3.36. The van der Waals surface area contributed by atoms with Gasteiger partial charge in [-0.05, 0) is 30.5 Å². The number of aryl methyl sites for hydroxylation is 1. The first kappa shape index (κ1) is 17.6. The van der Waals surface area contributed by atoms with E-state index in [-0.39, 0.29) is 12.4 Å². The molecule has 3 rings (SSSR count). The molecule has 0 bridgehead atoms. The number of H-pyrrole nitrogens is 1.